The lowest BCUT2D eigenvalue weighted by Crippen LogP contribution is -2.16. The molecule has 0 bridgehead atoms. The molecule has 18 heavy (non-hydrogen) atoms. The topological polar surface area (TPSA) is 30.5 Å². The number of alkyl halides is 2. The third kappa shape index (κ3) is 4.49. The largest absolute Gasteiger partial charge is 0.490 e. The van der Waals surface area contributed by atoms with Crippen LogP contribution in [0.2, 0.25) is 0 Å². The number of rotatable bonds is 8. The van der Waals surface area contributed by atoms with Crippen molar-refractivity contribution in [2.45, 2.75) is 33.4 Å². The molecule has 0 fully saturated rings. The fourth-order valence-corrected chi connectivity index (χ4v) is 1.59. The summed E-state index contributed by atoms with van der Waals surface area (Å²) in [5.74, 6) is 0.478. The molecule has 0 heterocycles. The zero-order valence-electron chi connectivity index (χ0n) is 10.7. The van der Waals surface area contributed by atoms with E-state index in [1.807, 2.05) is 6.92 Å². The van der Waals surface area contributed by atoms with Crippen molar-refractivity contribution >= 4 is 0 Å². The third-order valence-corrected chi connectivity index (χ3v) is 2.31. The van der Waals surface area contributed by atoms with Crippen LogP contribution < -0.4 is 14.8 Å². The van der Waals surface area contributed by atoms with Crippen LogP contribution in [0.5, 0.6) is 11.5 Å². The molecule has 0 aromatic heterocycles. The van der Waals surface area contributed by atoms with E-state index in [9.17, 15) is 8.78 Å². The molecule has 1 rings (SSSR count). The fourth-order valence-electron chi connectivity index (χ4n) is 1.59. The number of para-hydroxylation sites is 1. The van der Waals surface area contributed by atoms with Crippen LogP contribution in [0.4, 0.5) is 8.78 Å². The van der Waals surface area contributed by atoms with Gasteiger partial charge in [0.05, 0.1) is 6.61 Å². The van der Waals surface area contributed by atoms with Gasteiger partial charge in [-0.2, -0.15) is 8.78 Å². The van der Waals surface area contributed by atoms with Gasteiger partial charge in [-0.3, -0.25) is 0 Å². The Balaban J connectivity index is 2.88. The highest BCUT2D eigenvalue weighted by Gasteiger charge is 2.15. The van der Waals surface area contributed by atoms with E-state index in [1.54, 1.807) is 25.1 Å². The fraction of sp³-hybridized carbons (Fsp3) is 0.538. The SMILES string of the molecule is CCCNCc1cccc(OCC)c1OC(F)F. The molecular weight excluding hydrogens is 240 g/mol. The summed E-state index contributed by atoms with van der Waals surface area (Å²) in [5, 5.41) is 3.15. The first-order valence-corrected chi connectivity index (χ1v) is 6.09. The van der Waals surface area contributed by atoms with Gasteiger partial charge in [-0.1, -0.05) is 19.1 Å². The van der Waals surface area contributed by atoms with E-state index < -0.39 is 6.61 Å². The van der Waals surface area contributed by atoms with Gasteiger partial charge in [0.25, 0.3) is 0 Å². The summed E-state index contributed by atoms with van der Waals surface area (Å²) in [7, 11) is 0. The van der Waals surface area contributed by atoms with Crippen molar-refractivity contribution in [1.29, 1.82) is 0 Å². The number of ether oxygens (including phenoxy) is 2. The van der Waals surface area contributed by atoms with E-state index in [0.29, 0.717) is 24.5 Å². The minimum Gasteiger partial charge on any atom is -0.490 e. The molecule has 0 aliphatic rings. The summed E-state index contributed by atoms with van der Waals surface area (Å²) in [4.78, 5) is 0. The average molecular weight is 259 g/mol. The minimum atomic E-state index is -2.85. The van der Waals surface area contributed by atoms with E-state index in [4.69, 9.17) is 4.74 Å². The lowest BCUT2D eigenvalue weighted by Gasteiger charge is -2.15. The van der Waals surface area contributed by atoms with Crippen LogP contribution in [-0.4, -0.2) is 19.8 Å². The Kier molecular flexibility index (Phi) is 6.43. The van der Waals surface area contributed by atoms with Crippen molar-refractivity contribution in [2.75, 3.05) is 13.2 Å². The zero-order chi connectivity index (χ0) is 13.4. The van der Waals surface area contributed by atoms with Crippen LogP contribution in [0.25, 0.3) is 0 Å². The van der Waals surface area contributed by atoms with Crippen LogP contribution in [0.3, 0.4) is 0 Å². The van der Waals surface area contributed by atoms with Crippen LogP contribution in [-0.2, 0) is 6.54 Å². The second kappa shape index (κ2) is 7.87. The molecule has 0 aliphatic carbocycles. The minimum absolute atomic E-state index is 0.123. The third-order valence-electron chi connectivity index (χ3n) is 2.31. The second-order valence-electron chi connectivity index (χ2n) is 3.73. The molecule has 5 heteroatoms. The van der Waals surface area contributed by atoms with E-state index >= 15 is 0 Å². The first-order valence-electron chi connectivity index (χ1n) is 6.09. The van der Waals surface area contributed by atoms with Gasteiger partial charge in [0.15, 0.2) is 11.5 Å². The van der Waals surface area contributed by atoms with Gasteiger partial charge < -0.3 is 14.8 Å². The number of halogens is 2. The molecule has 0 radical (unpaired) electrons. The van der Waals surface area contributed by atoms with Crippen LogP contribution in [0.1, 0.15) is 25.8 Å². The van der Waals surface area contributed by atoms with Gasteiger partial charge in [-0.25, -0.2) is 0 Å². The Bertz CT molecular complexity index is 359. The van der Waals surface area contributed by atoms with Crippen molar-refractivity contribution < 1.29 is 18.3 Å². The summed E-state index contributed by atoms with van der Waals surface area (Å²) in [6.45, 7) is 2.71. The van der Waals surface area contributed by atoms with Gasteiger partial charge in [-0.05, 0) is 26.0 Å². The van der Waals surface area contributed by atoms with Gasteiger partial charge >= 0.3 is 6.61 Å². The maximum Gasteiger partial charge on any atom is 0.387 e. The van der Waals surface area contributed by atoms with E-state index in [2.05, 4.69) is 10.1 Å². The highest BCUT2D eigenvalue weighted by atomic mass is 19.3. The Morgan fingerprint density at radius 3 is 2.67 bits per heavy atom. The molecule has 102 valence electrons. The summed E-state index contributed by atoms with van der Waals surface area (Å²) >= 11 is 0. The molecule has 0 amide bonds. The Hall–Kier alpha value is -1.36. The molecule has 1 aromatic carbocycles. The molecule has 0 saturated carbocycles. The standard InChI is InChI=1S/C13H19F2NO2/c1-3-8-16-9-10-6-5-7-11(17-4-2)12(10)18-13(14)15/h5-7,13,16H,3-4,8-9H2,1-2H3. The van der Waals surface area contributed by atoms with Crippen molar-refractivity contribution in [1.82, 2.24) is 5.32 Å². The van der Waals surface area contributed by atoms with Crippen LogP contribution >= 0.6 is 0 Å². The molecule has 0 unspecified atom stereocenters. The van der Waals surface area contributed by atoms with Crippen molar-refractivity contribution in [3.63, 3.8) is 0 Å². The summed E-state index contributed by atoms with van der Waals surface area (Å²) < 4.78 is 34.7. The summed E-state index contributed by atoms with van der Waals surface area (Å²) in [6.07, 6.45) is 0.982. The van der Waals surface area contributed by atoms with Gasteiger partial charge in [-0.15, -0.1) is 0 Å². The van der Waals surface area contributed by atoms with Crippen LogP contribution in [0, 0.1) is 0 Å². The number of benzene rings is 1. The number of hydrogen-bond donors (Lipinski definition) is 1. The van der Waals surface area contributed by atoms with E-state index in [0.717, 1.165) is 13.0 Å². The molecule has 1 N–H and O–H groups in total. The van der Waals surface area contributed by atoms with Gasteiger partial charge in [0.2, 0.25) is 0 Å². The predicted molar refractivity (Wildman–Crippen MR) is 66.2 cm³/mol. The maximum atomic E-state index is 12.4. The average Bonchev–Trinajstić information content (AvgIpc) is 2.33. The lowest BCUT2D eigenvalue weighted by molar-refractivity contribution is -0.0521. The zero-order valence-corrected chi connectivity index (χ0v) is 10.7. The van der Waals surface area contributed by atoms with Crippen LogP contribution in [0.15, 0.2) is 18.2 Å². The van der Waals surface area contributed by atoms with E-state index in [-0.39, 0.29) is 5.75 Å². The molecule has 3 nitrogen and oxygen atoms in total. The summed E-state index contributed by atoms with van der Waals surface area (Å²) in [6, 6.07) is 5.15. The van der Waals surface area contributed by atoms with Crippen molar-refractivity contribution in [3.05, 3.63) is 23.8 Å². The highest BCUT2D eigenvalue weighted by molar-refractivity contribution is 5.46. The predicted octanol–water partition coefficient (Wildman–Crippen LogP) is 3.19. The molecule has 0 atom stereocenters. The van der Waals surface area contributed by atoms with Crippen molar-refractivity contribution in [2.24, 2.45) is 0 Å². The maximum absolute atomic E-state index is 12.4. The first-order chi connectivity index (χ1) is 8.69. The molecular formula is C13H19F2NO2. The molecule has 0 spiro atoms. The molecule has 1 aromatic rings. The van der Waals surface area contributed by atoms with E-state index in [1.165, 1.54) is 0 Å². The quantitative estimate of drug-likeness (QED) is 0.727. The smallest absolute Gasteiger partial charge is 0.387 e. The number of hydrogen-bond acceptors (Lipinski definition) is 3. The summed E-state index contributed by atoms with van der Waals surface area (Å²) in [5.41, 5.74) is 0.676. The molecule has 0 saturated heterocycles. The number of nitrogens with one attached hydrogen (secondary N) is 1. The highest BCUT2D eigenvalue weighted by Crippen LogP contribution is 2.32. The Labute approximate surface area is 106 Å². The Morgan fingerprint density at radius 1 is 1.28 bits per heavy atom. The van der Waals surface area contributed by atoms with Gasteiger partial charge in [0, 0.05) is 12.1 Å². The van der Waals surface area contributed by atoms with Crippen molar-refractivity contribution in [3.8, 4) is 11.5 Å². The lowest BCUT2D eigenvalue weighted by atomic mass is 10.2. The first kappa shape index (κ1) is 14.7. The Morgan fingerprint density at radius 2 is 2.06 bits per heavy atom. The second-order valence-corrected chi connectivity index (χ2v) is 3.73. The van der Waals surface area contributed by atoms with Gasteiger partial charge in [0.1, 0.15) is 0 Å². The normalized spacial score (nSPS) is 10.7. The monoisotopic (exact) mass is 259 g/mol. The molecule has 0 aliphatic heterocycles.